The lowest BCUT2D eigenvalue weighted by Crippen LogP contribution is -2.69. The van der Waals surface area contributed by atoms with Gasteiger partial charge < -0.3 is 25.5 Å². The Balaban J connectivity index is 1.45. The Kier molecular flexibility index (Phi) is 5.11. The van der Waals surface area contributed by atoms with Crippen LogP contribution in [0.15, 0.2) is 60.8 Å². The third kappa shape index (κ3) is 3.51. The summed E-state index contributed by atoms with van der Waals surface area (Å²) in [4.78, 5) is 29.9. The number of nitrogens with one attached hydrogen (secondary N) is 1. The Hall–Kier alpha value is -3.12. The van der Waals surface area contributed by atoms with Crippen LogP contribution in [0.1, 0.15) is 24.0 Å². The molecule has 3 aromatic rings. The highest BCUT2D eigenvalue weighted by Gasteiger charge is 2.40. The van der Waals surface area contributed by atoms with Gasteiger partial charge in [-0.25, -0.2) is 0 Å². The molecule has 0 saturated carbocycles. The highest BCUT2D eigenvalue weighted by Crippen LogP contribution is 2.35. The molecule has 6 nitrogen and oxygen atoms in total. The fourth-order valence-electron chi connectivity index (χ4n) is 4.39. The van der Waals surface area contributed by atoms with Gasteiger partial charge in [-0.1, -0.05) is 48.5 Å². The van der Waals surface area contributed by atoms with Crippen molar-refractivity contribution >= 4 is 22.8 Å². The number of amides is 1. The number of carboxylic acids is 1. The smallest absolute Gasteiger partial charge is 0.281 e. The van der Waals surface area contributed by atoms with Gasteiger partial charge in [-0.15, -0.1) is 0 Å². The number of likely N-dealkylation sites (tertiary alicyclic amines) is 1. The van der Waals surface area contributed by atoms with Gasteiger partial charge >= 0.3 is 0 Å². The number of rotatable bonds is 5. The minimum atomic E-state index is -1.07. The summed E-state index contributed by atoms with van der Waals surface area (Å²) >= 11 is 0. The lowest BCUT2D eigenvalue weighted by Gasteiger charge is -2.43. The van der Waals surface area contributed by atoms with Gasteiger partial charge in [-0.05, 0) is 30.0 Å². The van der Waals surface area contributed by atoms with E-state index in [0.29, 0.717) is 32.4 Å². The van der Waals surface area contributed by atoms with Crippen molar-refractivity contribution in [2.45, 2.75) is 30.7 Å². The van der Waals surface area contributed by atoms with E-state index in [4.69, 9.17) is 0 Å². The third-order valence-corrected chi connectivity index (χ3v) is 6.14. The molecule has 4 rings (SSSR count). The molecule has 2 aromatic carbocycles. The molecule has 2 heterocycles. The standard InChI is InChI=1S/C23H25N3O3/c24-19(14-16-15-25-20-9-5-4-8-18(16)20)21(27)26-12-10-23(11-13-26,22(28)29)17-6-2-1-3-7-17/h1-9,15,19,25H,10-14,24H2,(H,28,29)/t19-/m0/s1. The number of carbonyl (C=O) groups excluding carboxylic acids is 2. The van der Waals surface area contributed by atoms with E-state index in [1.807, 2.05) is 60.8 Å². The van der Waals surface area contributed by atoms with Crippen LogP contribution < -0.4 is 10.8 Å². The molecule has 1 amide bonds. The van der Waals surface area contributed by atoms with Crippen LogP contribution >= 0.6 is 0 Å². The Labute approximate surface area is 169 Å². The number of carboxylic acid groups (broad SMARTS) is 1. The molecule has 1 saturated heterocycles. The Bertz CT molecular complexity index is 1020. The zero-order valence-electron chi connectivity index (χ0n) is 16.3. The maximum atomic E-state index is 13.0. The van der Waals surface area contributed by atoms with E-state index in [1.165, 1.54) is 0 Å². The highest BCUT2D eigenvalue weighted by atomic mass is 16.4. The van der Waals surface area contributed by atoms with E-state index < -0.39 is 17.4 Å². The van der Waals surface area contributed by atoms with Crippen LogP contribution in [0.2, 0.25) is 0 Å². The second-order valence-electron chi connectivity index (χ2n) is 7.82. The second kappa shape index (κ2) is 7.72. The van der Waals surface area contributed by atoms with Crippen molar-refractivity contribution < 1.29 is 20.4 Å². The van der Waals surface area contributed by atoms with Gasteiger partial charge in [0.2, 0.25) is 0 Å². The first-order valence-corrected chi connectivity index (χ1v) is 9.95. The zero-order chi connectivity index (χ0) is 20.4. The van der Waals surface area contributed by atoms with Gasteiger partial charge in [-0.3, -0.25) is 4.79 Å². The van der Waals surface area contributed by atoms with Crippen molar-refractivity contribution in [3.8, 4) is 0 Å². The van der Waals surface area contributed by atoms with Crippen molar-refractivity contribution in [1.82, 2.24) is 9.88 Å². The number of quaternary nitrogens is 1. The van der Waals surface area contributed by atoms with Crippen molar-refractivity contribution in [3.05, 3.63) is 71.9 Å². The van der Waals surface area contributed by atoms with Crippen LogP contribution in [-0.4, -0.2) is 40.9 Å². The number of hydrogen-bond acceptors (Lipinski definition) is 3. The van der Waals surface area contributed by atoms with Gasteiger partial charge in [0, 0.05) is 42.0 Å². The number of aliphatic carboxylic acids is 1. The van der Waals surface area contributed by atoms with Crippen LogP contribution in [0.4, 0.5) is 0 Å². The van der Waals surface area contributed by atoms with Gasteiger partial charge in [0.25, 0.3) is 5.91 Å². The summed E-state index contributed by atoms with van der Waals surface area (Å²) < 4.78 is 0. The first kappa shape index (κ1) is 19.2. The Morgan fingerprint density at radius 3 is 2.41 bits per heavy atom. The molecule has 1 aliphatic rings. The molecular formula is C23H25N3O3. The van der Waals surface area contributed by atoms with Crippen molar-refractivity contribution in [2.24, 2.45) is 0 Å². The lowest BCUT2D eigenvalue weighted by atomic mass is 9.72. The molecule has 0 spiro atoms. The topological polar surface area (TPSA) is 104 Å². The molecule has 1 fully saturated rings. The number of H-pyrrole nitrogens is 1. The van der Waals surface area contributed by atoms with E-state index in [9.17, 15) is 14.7 Å². The zero-order valence-corrected chi connectivity index (χ0v) is 16.3. The SMILES string of the molecule is [NH3+][C@@H](Cc1c[nH]c2ccccc12)C(=O)N1CCC(C(=O)[O-])(c2ccccc2)CC1. The number of piperidine rings is 1. The minimum Gasteiger partial charge on any atom is -0.549 e. The molecule has 4 N–H and O–H groups in total. The molecule has 150 valence electrons. The Morgan fingerprint density at radius 2 is 1.72 bits per heavy atom. The Morgan fingerprint density at radius 1 is 1.07 bits per heavy atom. The van der Waals surface area contributed by atoms with E-state index in [-0.39, 0.29) is 5.91 Å². The van der Waals surface area contributed by atoms with Crippen molar-refractivity contribution in [3.63, 3.8) is 0 Å². The molecule has 0 aliphatic carbocycles. The molecule has 0 unspecified atom stereocenters. The number of benzene rings is 2. The first-order chi connectivity index (χ1) is 14.0. The summed E-state index contributed by atoms with van der Waals surface area (Å²) in [6, 6.07) is 16.8. The number of hydrogen-bond donors (Lipinski definition) is 2. The van der Waals surface area contributed by atoms with E-state index in [1.54, 1.807) is 4.90 Å². The number of fused-ring (bicyclic) bond motifs is 1. The van der Waals surface area contributed by atoms with Gasteiger partial charge in [0.05, 0.1) is 5.97 Å². The summed E-state index contributed by atoms with van der Waals surface area (Å²) in [7, 11) is 0. The molecule has 1 atom stereocenters. The lowest BCUT2D eigenvalue weighted by molar-refractivity contribution is -0.405. The average molecular weight is 391 g/mol. The monoisotopic (exact) mass is 391 g/mol. The average Bonchev–Trinajstić information content (AvgIpc) is 3.16. The maximum absolute atomic E-state index is 13.0. The van der Waals surface area contributed by atoms with E-state index in [0.717, 1.165) is 22.0 Å². The summed E-state index contributed by atoms with van der Waals surface area (Å²) in [6.07, 6.45) is 3.18. The van der Waals surface area contributed by atoms with Crippen LogP contribution in [0.3, 0.4) is 0 Å². The quantitative estimate of drug-likeness (QED) is 0.667. The largest absolute Gasteiger partial charge is 0.549 e. The number of nitrogens with zero attached hydrogens (tertiary/aromatic N) is 1. The summed E-state index contributed by atoms with van der Waals surface area (Å²) in [5.41, 5.74) is 5.91. The molecule has 6 heteroatoms. The maximum Gasteiger partial charge on any atom is 0.281 e. The normalized spacial score (nSPS) is 17.2. The molecule has 29 heavy (non-hydrogen) atoms. The first-order valence-electron chi connectivity index (χ1n) is 9.95. The van der Waals surface area contributed by atoms with Crippen LogP contribution in [-0.2, 0) is 21.4 Å². The van der Waals surface area contributed by atoms with Gasteiger partial charge in [-0.2, -0.15) is 0 Å². The summed E-state index contributed by atoms with van der Waals surface area (Å²) in [6.45, 7) is 0.781. The summed E-state index contributed by atoms with van der Waals surface area (Å²) in [5, 5.41) is 13.1. The van der Waals surface area contributed by atoms with Gasteiger partial charge in [0.1, 0.15) is 0 Å². The molecule has 0 radical (unpaired) electrons. The molecule has 1 aromatic heterocycles. The highest BCUT2D eigenvalue weighted by molar-refractivity contribution is 5.86. The van der Waals surface area contributed by atoms with Gasteiger partial charge in [0.15, 0.2) is 6.04 Å². The molecule has 1 aliphatic heterocycles. The number of carbonyl (C=O) groups is 2. The molecule has 0 bridgehead atoms. The predicted molar refractivity (Wildman–Crippen MR) is 108 cm³/mol. The van der Waals surface area contributed by atoms with Crippen LogP contribution in [0.25, 0.3) is 10.9 Å². The number of aromatic nitrogens is 1. The summed E-state index contributed by atoms with van der Waals surface area (Å²) in [5.74, 6) is -1.10. The second-order valence-corrected chi connectivity index (χ2v) is 7.82. The predicted octanol–water partition coefficient (Wildman–Crippen LogP) is 0.631. The number of para-hydroxylation sites is 1. The van der Waals surface area contributed by atoms with Crippen LogP contribution in [0, 0.1) is 0 Å². The van der Waals surface area contributed by atoms with Crippen molar-refractivity contribution in [2.75, 3.05) is 13.1 Å². The van der Waals surface area contributed by atoms with E-state index in [2.05, 4.69) is 10.7 Å². The number of aromatic amines is 1. The molecular weight excluding hydrogens is 366 g/mol. The van der Waals surface area contributed by atoms with Crippen LogP contribution in [0.5, 0.6) is 0 Å². The fraction of sp³-hybridized carbons (Fsp3) is 0.304. The third-order valence-electron chi connectivity index (χ3n) is 6.14. The minimum absolute atomic E-state index is 0.0321. The van der Waals surface area contributed by atoms with Crippen molar-refractivity contribution in [1.29, 1.82) is 0 Å². The van der Waals surface area contributed by atoms with E-state index >= 15 is 0 Å². The fourth-order valence-corrected chi connectivity index (χ4v) is 4.39.